The molecule has 0 bridgehead atoms. The second kappa shape index (κ2) is 9.64. The summed E-state index contributed by atoms with van der Waals surface area (Å²) in [5, 5.41) is 2.24. The van der Waals surface area contributed by atoms with E-state index in [2.05, 4.69) is 10.2 Å². The van der Waals surface area contributed by atoms with Crippen LogP contribution in [0.1, 0.15) is 24.3 Å². The van der Waals surface area contributed by atoms with Gasteiger partial charge in [-0.1, -0.05) is 19.1 Å². The molecule has 10 heteroatoms. The molecule has 1 aromatic heterocycles. The molecule has 2 aliphatic heterocycles. The topological polar surface area (TPSA) is 106 Å². The van der Waals surface area contributed by atoms with Gasteiger partial charge in [-0.05, 0) is 36.2 Å². The number of hydrogen-bond acceptors (Lipinski definition) is 8. The van der Waals surface area contributed by atoms with Gasteiger partial charge < -0.3 is 14.5 Å². The van der Waals surface area contributed by atoms with Crippen molar-refractivity contribution in [1.82, 2.24) is 10.2 Å². The van der Waals surface area contributed by atoms with Gasteiger partial charge in [0.15, 0.2) is 19.7 Å². The highest BCUT2D eigenvalue weighted by Gasteiger charge is 2.46. The minimum atomic E-state index is -3.81. The predicted octanol–water partition coefficient (Wildman–Crippen LogP) is 1.44. The first-order valence-corrected chi connectivity index (χ1v) is 14.3. The van der Waals surface area contributed by atoms with Gasteiger partial charge in [-0.2, -0.15) is 0 Å². The molecule has 0 radical (unpaired) electrons. The molecule has 3 heterocycles. The molecule has 1 N–H and O–H groups in total. The number of nitrogens with zero attached hydrogens (tertiary/aromatic N) is 1. The summed E-state index contributed by atoms with van der Waals surface area (Å²) in [6, 6.07) is 9.60. The molecule has 2 aromatic rings. The van der Waals surface area contributed by atoms with E-state index in [0.717, 1.165) is 30.8 Å². The molecule has 32 heavy (non-hydrogen) atoms. The zero-order chi connectivity index (χ0) is 22.8. The van der Waals surface area contributed by atoms with Crippen molar-refractivity contribution in [2.75, 3.05) is 44.4 Å². The molecule has 2 saturated heterocycles. The van der Waals surface area contributed by atoms with Crippen LogP contribution in [0.3, 0.4) is 0 Å². The Hall–Kier alpha value is -1.72. The smallest absolute Gasteiger partial charge is 0.183 e. The molecule has 1 unspecified atom stereocenters. The van der Waals surface area contributed by atoms with Crippen LogP contribution in [-0.2, 0) is 30.8 Å². The van der Waals surface area contributed by atoms with Gasteiger partial charge in [0.2, 0.25) is 0 Å². The summed E-state index contributed by atoms with van der Waals surface area (Å²) in [7, 11) is -7.28. The number of furan rings is 1. The van der Waals surface area contributed by atoms with Gasteiger partial charge >= 0.3 is 0 Å². The number of nitrogens with one attached hydrogen (secondary N) is 1. The quantitative estimate of drug-likeness (QED) is 0.603. The van der Waals surface area contributed by atoms with E-state index in [9.17, 15) is 16.8 Å². The van der Waals surface area contributed by atoms with Gasteiger partial charge in [-0.3, -0.25) is 4.90 Å². The highest BCUT2D eigenvalue weighted by Crippen LogP contribution is 2.28. The van der Waals surface area contributed by atoms with Gasteiger partial charge in [0.05, 0.1) is 47.2 Å². The monoisotopic (exact) mass is 482 g/mol. The molecule has 0 amide bonds. The zero-order valence-electron chi connectivity index (χ0n) is 18.1. The maximum atomic E-state index is 13.4. The fourth-order valence-electron chi connectivity index (χ4n) is 4.44. The molecule has 0 aliphatic carbocycles. The summed E-state index contributed by atoms with van der Waals surface area (Å²) in [5.41, 5.74) is 1.03. The van der Waals surface area contributed by atoms with E-state index in [-0.39, 0.29) is 22.4 Å². The lowest BCUT2D eigenvalue weighted by atomic mass is 10.1. The largest absolute Gasteiger partial charge is 0.468 e. The van der Waals surface area contributed by atoms with Crippen molar-refractivity contribution < 1.29 is 26.0 Å². The van der Waals surface area contributed by atoms with Crippen LogP contribution in [0, 0.1) is 0 Å². The second-order valence-corrected chi connectivity index (χ2v) is 12.7. The third-order valence-corrected chi connectivity index (χ3v) is 10.5. The minimum absolute atomic E-state index is 0.135. The Labute approximate surface area is 189 Å². The van der Waals surface area contributed by atoms with Crippen molar-refractivity contribution in [1.29, 1.82) is 0 Å². The average Bonchev–Trinajstić information content (AvgIpc) is 3.43. The van der Waals surface area contributed by atoms with Crippen molar-refractivity contribution in [2.24, 2.45) is 0 Å². The van der Waals surface area contributed by atoms with Crippen molar-refractivity contribution in [3.8, 4) is 0 Å². The van der Waals surface area contributed by atoms with Crippen LogP contribution in [0.15, 0.2) is 52.0 Å². The van der Waals surface area contributed by atoms with Crippen LogP contribution >= 0.6 is 0 Å². The molecule has 0 saturated carbocycles. The zero-order valence-corrected chi connectivity index (χ0v) is 19.8. The fraction of sp³-hybridized carbons (Fsp3) is 0.545. The molecule has 2 fully saturated rings. The molecule has 8 nitrogen and oxygen atoms in total. The normalized spacial score (nSPS) is 25.0. The lowest BCUT2D eigenvalue weighted by Crippen LogP contribution is -2.48. The Morgan fingerprint density at radius 3 is 2.47 bits per heavy atom. The molecule has 176 valence electrons. The van der Waals surface area contributed by atoms with Crippen LogP contribution in [0.25, 0.3) is 0 Å². The van der Waals surface area contributed by atoms with E-state index in [1.165, 1.54) is 0 Å². The molecule has 3 atom stereocenters. The van der Waals surface area contributed by atoms with E-state index in [1.54, 1.807) is 30.5 Å². The Morgan fingerprint density at radius 1 is 1.12 bits per heavy atom. The Balaban J connectivity index is 1.55. The molecule has 1 aromatic carbocycles. The van der Waals surface area contributed by atoms with E-state index in [4.69, 9.17) is 9.15 Å². The number of ether oxygens (including phenoxy) is 1. The summed E-state index contributed by atoms with van der Waals surface area (Å²) in [5.74, 6) is 0.193. The molecule has 0 spiro atoms. The standard InChI is InChI=1S/C22H30N2O6S2/c1-2-17-5-7-18(8-6-17)32(27,28)22-16-31(25,26)15-19(22)23-14-20(21-4-3-11-30-21)24-9-12-29-13-10-24/h3-8,11,19-20,22-23H,2,9-10,12-16H2,1H3/t19-,20?,22-/m0/s1. The number of hydrogen-bond donors (Lipinski definition) is 1. The summed E-state index contributed by atoms with van der Waals surface area (Å²) < 4.78 is 62.7. The predicted molar refractivity (Wildman–Crippen MR) is 121 cm³/mol. The van der Waals surface area contributed by atoms with Crippen molar-refractivity contribution in [2.45, 2.75) is 35.6 Å². The molecule has 4 rings (SSSR count). The number of benzene rings is 1. The van der Waals surface area contributed by atoms with E-state index < -0.39 is 31.0 Å². The Kier molecular flexibility index (Phi) is 7.06. The molecular weight excluding hydrogens is 452 g/mol. The minimum Gasteiger partial charge on any atom is -0.468 e. The average molecular weight is 483 g/mol. The number of morpholine rings is 1. The summed E-state index contributed by atoms with van der Waals surface area (Å²) in [4.78, 5) is 2.38. The molecular formula is C22H30N2O6S2. The first-order chi connectivity index (χ1) is 15.3. The van der Waals surface area contributed by atoms with Crippen LogP contribution in [0.2, 0.25) is 0 Å². The van der Waals surface area contributed by atoms with Crippen molar-refractivity contribution >= 4 is 19.7 Å². The highest BCUT2D eigenvalue weighted by molar-refractivity contribution is 7.96. The van der Waals surface area contributed by atoms with Crippen LogP contribution < -0.4 is 5.32 Å². The van der Waals surface area contributed by atoms with Crippen molar-refractivity contribution in [3.63, 3.8) is 0 Å². The lowest BCUT2D eigenvalue weighted by molar-refractivity contribution is 0.0113. The first-order valence-electron chi connectivity index (χ1n) is 10.9. The van der Waals surface area contributed by atoms with Gasteiger partial charge in [0, 0.05) is 25.7 Å². The van der Waals surface area contributed by atoms with Crippen LogP contribution in [-0.4, -0.2) is 77.4 Å². The van der Waals surface area contributed by atoms with E-state index in [0.29, 0.717) is 19.8 Å². The first kappa shape index (κ1) is 23.4. The van der Waals surface area contributed by atoms with Gasteiger partial charge in [-0.25, -0.2) is 16.8 Å². The van der Waals surface area contributed by atoms with Crippen LogP contribution in [0.4, 0.5) is 0 Å². The number of sulfone groups is 2. The maximum Gasteiger partial charge on any atom is 0.183 e. The Morgan fingerprint density at radius 2 is 1.84 bits per heavy atom. The van der Waals surface area contributed by atoms with Gasteiger partial charge in [0.1, 0.15) is 5.76 Å². The third kappa shape index (κ3) is 5.09. The van der Waals surface area contributed by atoms with Gasteiger partial charge in [-0.15, -0.1) is 0 Å². The van der Waals surface area contributed by atoms with E-state index >= 15 is 0 Å². The lowest BCUT2D eigenvalue weighted by Gasteiger charge is -2.34. The van der Waals surface area contributed by atoms with Crippen LogP contribution in [0.5, 0.6) is 0 Å². The fourth-order valence-corrected chi connectivity index (χ4v) is 9.16. The maximum absolute atomic E-state index is 13.4. The SMILES string of the molecule is CCc1ccc(S(=O)(=O)[C@H]2CS(=O)(=O)C[C@@H]2NCC(c2ccco2)N2CCOCC2)cc1. The summed E-state index contributed by atoms with van der Waals surface area (Å²) in [6.07, 6.45) is 2.41. The molecule has 2 aliphatic rings. The second-order valence-electron chi connectivity index (χ2n) is 8.35. The van der Waals surface area contributed by atoms with E-state index in [1.807, 2.05) is 19.1 Å². The number of aryl methyl sites for hydroxylation is 1. The summed E-state index contributed by atoms with van der Waals surface area (Å²) >= 11 is 0. The Bertz CT molecular complexity index is 1090. The number of rotatable bonds is 8. The van der Waals surface area contributed by atoms with Gasteiger partial charge in [0.25, 0.3) is 0 Å². The third-order valence-electron chi connectivity index (χ3n) is 6.29. The summed E-state index contributed by atoms with van der Waals surface area (Å²) in [6.45, 7) is 5.05. The highest BCUT2D eigenvalue weighted by atomic mass is 32.2. The van der Waals surface area contributed by atoms with Crippen molar-refractivity contribution in [3.05, 3.63) is 54.0 Å².